The van der Waals surface area contributed by atoms with Crippen LogP contribution in [0.5, 0.6) is 0 Å². The highest BCUT2D eigenvalue weighted by Crippen LogP contribution is 2.23. The van der Waals surface area contributed by atoms with E-state index in [0.717, 1.165) is 24.8 Å². The Hall–Kier alpha value is -2.95. The second-order valence-corrected chi connectivity index (χ2v) is 6.64. The molecule has 5 nitrogen and oxygen atoms in total. The van der Waals surface area contributed by atoms with E-state index in [4.69, 9.17) is 5.11 Å². The lowest BCUT2D eigenvalue weighted by atomic mass is 9.89. The number of piperidine rings is 1. The highest BCUT2D eigenvalue weighted by molar-refractivity contribution is 6.42. The molecule has 0 radical (unpaired) electrons. The fraction of sp³-hybridized carbons (Fsp3) is 0.286. The van der Waals surface area contributed by atoms with Gasteiger partial charge in [-0.1, -0.05) is 42.5 Å². The second kappa shape index (κ2) is 7.95. The van der Waals surface area contributed by atoms with Crippen molar-refractivity contribution in [1.82, 2.24) is 4.90 Å². The monoisotopic (exact) mass is 351 g/mol. The molecule has 5 heteroatoms. The third kappa shape index (κ3) is 4.17. The lowest BCUT2D eigenvalue weighted by Crippen LogP contribution is -2.42. The van der Waals surface area contributed by atoms with E-state index >= 15 is 0 Å². The first-order valence-electron chi connectivity index (χ1n) is 8.75. The Morgan fingerprint density at radius 1 is 0.923 bits per heavy atom. The molecular weight excluding hydrogens is 330 g/mol. The van der Waals surface area contributed by atoms with E-state index in [2.05, 4.69) is 0 Å². The summed E-state index contributed by atoms with van der Waals surface area (Å²) in [5.74, 6) is -1.44. The Bertz CT molecular complexity index is 808. The molecule has 1 aliphatic heterocycles. The third-order valence-corrected chi connectivity index (χ3v) is 4.83. The summed E-state index contributed by atoms with van der Waals surface area (Å²) in [6.07, 6.45) is 2.41. The van der Waals surface area contributed by atoms with Crippen LogP contribution in [0.2, 0.25) is 0 Å². The average molecular weight is 351 g/mol. The van der Waals surface area contributed by atoms with Gasteiger partial charge in [0.1, 0.15) is 0 Å². The molecule has 2 aromatic rings. The van der Waals surface area contributed by atoms with Gasteiger partial charge in [-0.15, -0.1) is 0 Å². The number of ketones is 1. The quantitative estimate of drug-likeness (QED) is 0.664. The van der Waals surface area contributed by atoms with Crippen LogP contribution in [-0.4, -0.2) is 40.8 Å². The molecular formula is C21H21NO4. The van der Waals surface area contributed by atoms with Gasteiger partial charge in [-0.25, -0.2) is 4.79 Å². The molecule has 2 aromatic carbocycles. The normalized spacial score (nSPS) is 14.8. The topological polar surface area (TPSA) is 74.7 Å². The highest BCUT2D eigenvalue weighted by Gasteiger charge is 2.27. The molecule has 0 aromatic heterocycles. The zero-order valence-corrected chi connectivity index (χ0v) is 14.4. The SMILES string of the molecule is O=C(O)c1cccc(CC2CCN(C(=O)C(=O)c3ccccc3)CC2)c1. The minimum Gasteiger partial charge on any atom is -0.478 e. The molecule has 0 unspecified atom stereocenters. The maximum Gasteiger partial charge on any atom is 0.335 e. The number of rotatable bonds is 5. The summed E-state index contributed by atoms with van der Waals surface area (Å²) < 4.78 is 0. The number of carboxylic acid groups (broad SMARTS) is 1. The van der Waals surface area contributed by atoms with Crippen LogP contribution >= 0.6 is 0 Å². The molecule has 1 aliphatic rings. The molecule has 0 aliphatic carbocycles. The van der Waals surface area contributed by atoms with Crippen LogP contribution in [0.1, 0.15) is 39.1 Å². The van der Waals surface area contributed by atoms with Gasteiger partial charge in [0.2, 0.25) is 5.78 Å². The first kappa shape index (κ1) is 17.9. The standard InChI is InChI=1S/C21H21NO4/c23-19(17-6-2-1-3-7-17)20(24)22-11-9-15(10-12-22)13-16-5-4-8-18(14-16)21(25)26/h1-8,14-15H,9-13H2,(H,25,26). The van der Waals surface area contributed by atoms with E-state index in [1.807, 2.05) is 12.1 Å². The maximum absolute atomic E-state index is 12.4. The van der Waals surface area contributed by atoms with Gasteiger partial charge in [-0.3, -0.25) is 9.59 Å². The highest BCUT2D eigenvalue weighted by atomic mass is 16.4. The van der Waals surface area contributed by atoms with Gasteiger partial charge in [0, 0.05) is 18.7 Å². The van der Waals surface area contributed by atoms with Crippen molar-refractivity contribution in [1.29, 1.82) is 0 Å². The summed E-state index contributed by atoms with van der Waals surface area (Å²) in [5.41, 5.74) is 1.71. The summed E-state index contributed by atoms with van der Waals surface area (Å²) >= 11 is 0. The molecule has 0 bridgehead atoms. The predicted molar refractivity (Wildman–Crippen MR) is 97.2 cm³/mol. The van der Waals surface area contributed by atoms with Crippen molar-refractivity contribution in [3.63, 3.8) is 0 Å². The molecule has 1 saturated heterocycles. The van der Waals surface area contributed by atoms with Gasteiger partial charge in [0.05, 0.1) is 5.56 Å². The van der Waals surface area contributed by atoms with Crippen LogP contribution in [0, 0.1) is 5.92 Å². The molecule has 1 heterocycles. The zero-order chi connectivity index (χ0) is 18.5. The number of aromatic carboxylic acids is 1. The number of amides is 1. The largest absolute Gasteiger partial charge is 0.478 e. The molecule has 0 atom stereocenters. The summed E-state index contributed by atoms with van der Waals surface area (Å²) in [5, 5.41) is 9.08. The smallest absolute Gasteiger partial charge is 0.335 e. The van der Waals surface area contributed by atoms with Crippen molar-refractivity contribution in [3.8, 4) is 0 Å². The van der Waals surface area contributed by atoms with Crippen molar-refractivity contribution in [2.45, 2.75) is 19.3 Å². The van der Waals surface area contributed by atoms with E-state index in [1.165, 1.54) is 0 Å². The predicted octanol–water partition coefficient (Wildman–Crippen LogP) is 3.05. The van der Waals surface area contributed by atoms with Gasteiger partial charge in [-0.2, -0.15) is 0 Å². The number of carbonyl (C=O) groups excluding carboxylic acids is 2. The van der Waals surface area contributed by atoms with Crippen LogP contribution < -0.4 is 0 Å². The number of carbonyl (C=O) groups is 3. The lowest BCUT2D eigenvalue weighted by molar-refractivity contribution is -0.127. The number of carboxylic acids is 1. The Morgan fingerprint density at radius 2 is 1.58 bits per heavy atom. The van der Waals surface area contributed by atoms with E-state index in [9.17, 15) is 14.4 Å². The van der Waals surface area contributed by atoms with Crippen LogP contribution in [-0.2, 0) is 11.2 Å². The third-order valence-electron chi connectivity index (χ3n) is 4.83. The Kier molecular flexibility index (Phi) is 5.46. The average Bonchev–Trinajstić information content (AvgIpc) is 2.68. The maximum atomic E-state index is 12.4. The van der Waals surface area contributed by atoms with Crippen LogP contribution in [0.15, 0.2) is 54.6 Å². The van der Waals surface area contributed by atoms with Crippen molar-refractivity contribution in [3.05, 3.63) is 71.3 Å². The van der Waals surface area contributed by atoms with Gasteiger partial charge in [0.15, 0.2) is 0 Å². The number of hydrogen-bond donors (Lipinski definition) is 1. The van der Waals surface area contributed by atoms with Crippen molar-refractivity contribution in [2.24, 2.45) is 5.92 Å². The summed E-state index contributed by atoms with van der Waals surface area (Å²) in [4.78, 5) is 37.4. The Labute approximate surface area is 152 Å². The number of benzene rings is 2. The van der Waals surface area contributed by atoms with Crippen LogP contribution in [0.3, 0.4) is 0 Å². The zero-order valence-electron chi connectivity index (χ0n) is 14.4. The summed E-state index contributed by atoms with van der Waals surface area (Å²) in [6.45, 7) is 1.11. The van der Waals surface area contributed by atoms with Gasteiger partial charge < -0.3 is 10.0 Å². The Balaban J connectivity index is 1.56. The molecule has 0 saturated carbocycles. The number of nitrogens with zero attached hydrogens (tertiary/aromatic N) is 1. The van der Waals surface area contributed by atoms with Crippen LogP contribution in [0.4, 0.5) is 0 Å². The summed E-state index contributed by atoms with van der Waals surface area (Å²) in [7, 11) is 0. The Morgan fingerprint density at radius 3 is 2.23 bits per heavy atom. The molecule has 0 spiro atoms. The van der Waals surface area contributed by atoms with E-state index in [0.29, 0.717) is 30.1 Å². The van der Waals surface area contributed by atoms with Crippen molar-refractivity contribution < 1.29 is 19.5 Å². The summed E-state index contributed by atoms with van der Waals surface area (Å²) in [6, 6.07) is 15.6. The second-order valence-electron chi connectivity index (χ2n) is 6.64. The van der Waals surface area contributed by atoms with Crippen LogP contribution in [0.25, 0.3) is 0 Å². The minimum atomic E-state index is -0.924. The molecule has 3 rings (SSSR count). The number of Topliss-reactive ketones (excluding diaryl/α,β-unsaturated/α-hetero) is 1. The van der Waals surface area contributed by atoms with Gasteiger partial charge >= 0.3 is 5.97 Å². The fourth-order valence-corrected chi connectivity index (χ4v) is 3.36. The fourth-order valence-electron chi connectivity index (χ4n) is 3.36. The van der Waals surface area contributed by atoms with Crippen molar-refractivity contribution in [2.75, 3.05) is 13.1 Å². The van der Waals surface area contributed by atoms with Crippen molar-refractivity contribution >= 4 is 17.7 Å². The lowest BCUT2D eigenvalue weighted by Gasteiger charge is -2.31. The number of likely N-dealkylation sites (tertiary alicyclic amines) is 1. The molecule has 1 amide bonds. The molecule has 134 valence electrons. The molecule has 1 fully saturated rings. The number of hydrogen-bond acceptors (Lipinski definition) is 3. The van der Waals surface area contributed by atoms with E-state index in [1.54, 1.807) is 47.4 Å². The minimum absolute atomic E-state index is 0.295. The van der Waals surface area contributed by atoms with E-state index < -0.39 is 17.7 Å². The molecule has 1 N–H and O–H groups in total. The first-order chi connectivity index (χ1) is 12.5. The van der Waals surface area contributed by atoms with E-state index in [-0.39, 0.29) is 0 Å². The van der Waals surface area contributed by atoms with Gasteiger partial charge in [-0.05, 0) is 42.9 Å². The first-order valence-corrected chi connectivity index (χ1v) is 8.75. The van der Waals surface area contributed by atoms with Gasteiger partial charge in [0.25, 0.3) is 5.91 Å². The molecule has 26 heavy (non-hydrogen) atoms.